The average Bonchev–Trinajstić information content (AvgIpc) is 2.95. The van der Waals surface area contributed by atoms with Gasteiger partial charge in [-0.05, 0) is 25.1 Å². The normalized spacial score (nSPS) is 10.9. The van der Waals surface area contributed by atoms with E-state index in [1.54, 1.807) is 23.0 Å². The fourth-order valence-corrected chi connectivity index (χ4v) is 2.94. The molecular formula is C13H11ClN4OS. The molecule has 3 aromatic rings. The maximum atomic E-state index is 12.0. The van der Waals surface area contributed by atoms with Crippen molar-refractivity contribution < 1.29 is 4.79 Å². The van der Waals surface area contributed by atoms with E-state index >= 15 is 0 Å². The second kappa shape index (κ2) is 4.88. The Hall–Kier alpha value is -1.92. The summed E-state index contributed by atoms with van der Waals surface area (Å²) in [6.45, 7) is 1.91. The first-order chi connectivity index (χ1) is 9.54. The summed E-state index contributed by atoms with van der Waals surface area (Å²) >= 11 is 7.07. The summed E-state index contributed by atoms with van der Waals surface area (Å²) in [4.78, 5) is 16.9. The third-order valence-corrected chi connectivity index (χ3v) is 4.15. The number of nitrogens with zero attached hydrogens (tertiary/aromatic N) is 3. The van der Waals surface area contributed by atoms with Gasteiger partial charge in [-0.3, -0.25) is 9.48 Å². The summed E-state index contributed by atoms with van der Waals surface area (Å²) < 4.78 is 2.31. The highest BCUT2D eigenvalue weighted by Gasteiger charge is 2.11. The highest BCUT2D eigenvalue weighted by Crippen LogP contribution is 2.23. The van der Waals surface area contributed by atoms with Crippen LogP contribution >= 0.6 is 22.9 Å². The second-order valence-electron chi connectivity index (χ2n) is 4.36. The molecule has 0 fully saturated rings. The number of carbonyl (C=O) groups is 1. The van der Waals surface area contributed by atoms with Crippen LogP contribution in [-0.4, -0.2) is 20.7 Å². The number of hydrogen-bond acceptors (Lipinski definition) is 4. The largest absolute Gasteiger partial charge is 0.320 e. The van der Waals surface area contributed by atoms with E-state index in [1.165, 1.54) is 11.3 Å². The van der Waals surface area contributed by atoms with Crippen LogP contribution < -0.4 is 5.32 Å². The Morgan fingerprint density at radius 1 is 1.45 bits per heavy atom. The fourth-order valence-electron chi connectivity index (χ4n) is 2.01. The van der Waals surface area contributed by atoms with Gasteiger partial charge in [0.1, 0.15) is 0 Å². The van der Waals surface area contributed by atoms with Gasteiger partial charge in [-0.15, -0.1) is 11.3 Å². The van der Waals surface area contributed by atoms with E-state index in [1.807, 2.05) is 20.0 Å². The SMILES string of the molecule is Cc1nn(C)c2ncc(NC(=O)c3ccc(Cl)s3)cc12. The Balaban J connectivity index is 1.91. The molecule has 0 aliphatic rings. The zero-order valence-corrected chi connectivity index (χ0v) is 12.4. The lowest BCUT2D eigenvalue weighted by molar-refractivity contribution is 0.103. The molecular weight excluding hydrogens is 296 g/mol. The molecule has 0 aliphatic heterocycles. The number of anilines is 1. The summed E-state index contributed by atoms with van der Waals surface area (Å²) in [7, 11) is 1.84. The van der Waals surface area contributed by atoms with Crippen LogP contribution in [0.3, 0.4) is 0 Å². The van der Waals surface area contributed by atoms with Gasteiger partial charge in [0.25, 0.3) is 5.91 Å². The summed E-state index contributed by atoms with van der Waals surface area (Å²) in [5.41, 5.74) is 2.31. The van der Waals surface area contributed by atoms with Crippen LogP contribution in [0.5, 0.6) is 0 Å². The molecule has 0 saturated carbocycles. The van der Waals surface area contributed by atoms with Crippen LogP contribution in [0, 0.1) is 6.92 Å². The third kappa shape index (κ3) is 2.28. The van der Waals surface area contributed by atoms with Gasteiger partial charge in [-0.2, -0.15) is 5.10 Å². The molecule has 0 unspecified atom stereocenters. The van der Waals surface area contributed by atoms with Gasteiger partial charge in [0, 0.05) is 12.4 Å². The van der Waals surface area contributed by atoms with Crippen LogP contribution in [0.25, 0.3) is 11.0 Å². The van der Waals surface area contributed by atoms with Crippen LogP contribution in [0.15, 0.2) is 24.4 Å². The zero-order chi connectivity index (χ0) is 14.3. The molecule has 3 rings (SSSR count). The Kier molecular flexibility index (Phi) is 3.19. The first-order valence-corrected chi connectivity index (χ1v) is 7.10. The smallest absolute Gasteiger partial charge is 0.265 e. The van der Waals surface area contributed by atoms with Gasteiger partial charge < -0.3 is 5.32 Å². The highest BCUT2D eigenvalue weighted by atomic mass is 35.5. The predicted octanol–water partition coefficient (Wildman–Crippen LogP) is 3.24. The van der Waals surface area contributed by atoms with E-state index in [0.717, 1.165) is 16.7 Å². The highest BCUT2D eigenvalue weighted by molar-refractivity contribution is 7.18. The van der Waals surface area contributed by atoms with Crippen molar-refractivity contribution in [2.75, 3.05) is 5.32 Å². The minimum absolute atomic E-state index is 0.190. The van der Waals surface area contributed by atoms with Crippen LogP contribution in [0.1, 0.15) is 15.4 Å². The van der Waals surface area contributed by atoms with Crippen molar-refractivity contribution in [2.45, 2.75) is 6.92 Å². The average molecular weight is 307 g/mol. The summed E-state index contributed by atoms with van der Waals surface area (Å²) in [6, 6.07) is 5.27. The van der Waals surface area contributed by atoms with Crippen molar-refractivity contribution in [3.8, 4) is 0 Å². The molecule has 0 atom stereocenters. The minimum atomic E-state index is -0.190. The number of rotatable bonds is 2. The maximum Gasteiger partial charge on any atom is 0.265 e. The standard InChI is InChI=1S/C13H11ClN4OS/c1-7-9-5-8(6-15-12(9)18(2)17-7)16-13(19)10-3-4-11(14)20-10/h3-6H,1-2H3,(H,16,19). The van der Waals surface area contributed by atoms with Crippen molar-refractivity contribution >= 4 is 45.6 Å². The lowest BCUT2D eigenvalue weighted by Crippen LogP contribution is -2.10. The molecule has 0 aliphatic carbocycles. The molecule has 0 aromatic carbocycles. The van der Waals surface area contributed by atoms with E-state index in [9.17, 15) is 4.79 Å². The van der Waals surface area contributed by atoms with Crippen molar-refractivity contribution in [3.05, 3.63) is 39.3 Å². The number of amides is 1. The molecule has 1 N–H and O–H groups in total. The van der Waals surface area contributed by atoms with Crippen LogP contribution in [0.2, 0.25) is 4.34 Å². The fraction of sp³-hybridized carbons (Fsp3) is 0.154. The van der Waals surface area contributed by atoms with Crippen molar-refractivity contribution in [2.24, 2.45) is 7.05 Å². The van der Waals surface area contributed by atoms with Crippen molar-refractivity contribution in [1.82, 2.24) is 14.8 Å². The predicted molar refractivity (Wildman–Crippen MR) is 80.5 cm³/mol. The summed E-state index contributed by atoms with van der Waals surface area (Å²) in [5.74, 6) is -0.190. The van der Waals surface area contributed by atoms with Gasteiger partial charge in [-0.1, -0.05) is 11.6 Å². The number of nitrogens with one attached hydrogen (secondary N) is 1. The van der Waals surface area contributed by atoms with Crippen molar-refractivity contribution in [3.63, 3.8) is 0 Å². The summed E-state index contributed by atoms with van der Waals surface area (Å²) in [6.07, 6.45) is 1.62. The van der Waals surface area contributed by atoms with Gasteiger partial charge >= 0.3 is 0 Å². The Bertz CT molecular complexity index is 808. The molecule has 0 spiro atoms. The summed E-state index contributed by atoms with van der Waals surface area (Å²) in [5, 5.41) is 8.04. The lowest BCUT2D eigenvalue weighted by Gasteiger charge is -2.03. The Morgan fingerprint density at radius 2 is 2.25 bits per heavy atom. The van der Waals surface area contributed by atoms with Crippen LogP contribution in [0.4, 0.5) is 5.69 Å². The first-order valence-electron chi connectivity index (χ1n) is 5.90. The van der Waals surface area contributed by atoms with E-state index in [4.69, 9.17) is 11.6 Å². The van der Waals surface area contributed by atoms with Gasteiger partial charge in [0.05, 0.1) is 26.8 Å². The molecule has 3 aromatic heterocycles. The number of carbonyl (C=O) groups excluding carboxylic acids is 1. The molecule has 5 nitrogen and oxygen atoms in total. The minimum Gasteiger partial charge on any atom is -0.320 e. The first kappa shape index (κ1) is 13.1. The molecule has 7 heteroatoms. The van der Waals surface area contributed by atoms with Gasteiger partial charge in [0.2, 0.25) is 0 Å². The molecule has 0 saturated heterocycles. The third-order valence-electron chi connectivity index (χ3n) is 2.92. The lowest BCUT2D eigenvalue weighted by atomic mass is 10.2. The number of aryl methyl sites for hydroxylation is 2. The maximum absolute atomic E-state index is 12.0. The van der Waals surface area contributed by atoms with Gasteiger partial charge in [0.15, 0.2) is 5.65 Å². The number of thiophene rings is 1. The van der Waals surface area contributed by atoms with E-state index in [0.29, 0.717) is 14.9 Å². The quantitative estimate of drug-likeness (QED) is 0.790. The molecule has 20 heavy (non-hydrogen) atoms. The second-order valence-corrected chi connectivity index (χ2v) is 6.08. The van der Waals surface area contributed by atoms with E-state index < -0.39 is 0 Å². The van der Waals surface area contributed by atoms with E-state index in [2.05, 4.69) is 15.4 Å². The molecule has 3 heterocycles. The molecule has 102 valence electrons. The number of fused-ring (bicyclic) bond motifs is 1. The number of halogens is 1. The molecule has 1 amide bonds. The number of aromatic nitrogens is 3. The van der Waals surface area contributed by atoms with Crippen molar-refractivity contribution in [1.29, 1.82) is 0 Å². The molecule has 0 bridgehead atoms. The van der Waals surface area contributed by atoms with Crippen LogP contribution in [-0.2, 0) is 7.05 Å². The zero-order valence-electron chi connectivity index (χ0n) is 10.8. The van der Waals surface area contributed by atoms with E-state index in [-0.39, 0.29) is 5.91 Å². The Morgan fingerprint density at radius 3 is 2.95 bits per heavy atom. The number of hydrogen-bond donors (Lipinski definition) is 1. The monoisotopic (exact) mass is 306 g/mol. The number of pyridine rings is 1. The molecule has 0 radical (unpaired) electrons. The topological polar surface area (TPSA) is 59.8 Å². The van der Waals surface area contributed by atoms with Gasteiger partial charge in [-0.25, -0.2) is 4.98 Å². The Labute approximate surface area is 124 Å².